The van der Waals surface area contributed by atoms with Crippen LogP contribution in [-0.2, 0) is 32.6 Å². The molecule has 0 fully saturated rings. The van der Waals surface area contributed by atoms with E-state index >= 15 is 0 Å². The number of amides is 2. The van der Waals surface area contributed by atoms with Gasteiger partial charge < -0.3 is 19.7 Å². The Balaban J connectivity index is 1.75. The molecule has 3 aromatic carbocycles. The summed E-state index contributed by atoms with van der Waals surface area (Å²) in [5.41, 5.74) is 3.01. The second kappa shape index (κ2) is 14.4. The Bertz CT molecular complexity index is 1510. The van der Waals surface area contributed by atoms with Gasteiger partial charge in [0, 0.05) is 25.6 Å². The minimum Gasteiger partial charge on any atom is -0.486 e. The number of carbonyl (C=O) groups is 2. The van der Waals surface area contributed by atoms with Gasteiger partial charge in [0.25, 0.3) is 0 Å². The first-order valence-corrected chi connectivity index (χ1v) is 16.3. The van der Waals surface area contributed by atoms with E-state index in [2.05, 4.69) is 5.32 Å². The standard InChI is InChI=1S/C33H41N3O6S/c1-5-43(39,40)36(28-15-16-30-31(20-28)42-18-17-41-30)23-32(37)35(22-27-14-10-9-11-25(27)4)29(33(38)34-21-24(2)3)19-26-12-7-6-8-13-26/h6-16,20,24,29H,5,17-19,21-23H2,1-4H3,(H,34,38). The minimum absolute atomic E-state index is 0.138. The lowest BCUT2D eigenvalue weighted by Crippen LogP contribution is -2.54. The van der Waals surface area contributed by atoms with Crippen molar-refractivity contribution in [3.8, 4) is 11.5 Å². The van der Waals surface area contributed by atoms with Crippen LogP contribution in [0.25, 0.3) is 0 Å². The van der Waals surface area contributed by atoms with Crippen molar-refractivity contribution in [3.05, 3.63) is 89.5 Å². The van der Waals surface area contributed by atoms with Gasteiger partial charge in [0.05, 0.1) is 11.4 Å². The highest BCUT2D eigenvalue weighted by molar-refractivity contribution is 7.92. The summed E-state index contributed by atoms with van der Waals surface area (Å²) >= 11 is 0. The molecule has 1 N–H and O–H groups in total. The summed E-state index contributed by atoms with van der Waals surface area (Å²) in [5.74, 6) is 0.150. The van der Waals surface area contributed by atoms with Crippen LogP contribution in [0.3, 0.4) is 0 Å². The normalized spacial score (nSPS) is 13.3. The number of hydrogen-bond acceptors (Lipinski definition) is 6. The number of fused-ring (bicyclic) bond motifs is 1. The van der Waals surface area contributed by atoms with E-state index in [1.165, 1.54) is 11.8 Å². The smallest absolute Gasteiger partial charge is 0.244 e. The Morgan fingerprint density at radius 2 is 1.60 bits per heavy atom. The number of hydrogen-bond donors (Lipinski definition) is 1. The third-order valence-corrected chi connectivity index (χ3v) is 9.09. The molecule has 2 amide bonds. The van der Waals surface area contributed by atoms with Gasteiger partial charge >= 0.3 is 0 Å². The zero-order chi connectivity index (χ0) is 31.0. The highest BCUT2D eigenvalue weighted by Gasteiger charge is 2.34. The molecule has 0 radical (unpaired) electrons. The van der Waals surface area contributed by atoms with Gasteiger partial charge in [-0.05, 0) is 48.6 Å². The number of nitrogens with one attached hydrogen (secondary N) is 1. The average molecular weight is 608 g/mol. The van der Waals surface area contributed by atoms with Crippen LogP contribution in [0.2, 0.25) is 0 Å². The van der Waals surface area contributed by atoms with E-state index in [4.69, 9.17) is 9.47 Å². The Morgan fingerprint density at radius 3 is 2.28 bits per heavy atom. The van der Waals surface area contributed by atoms with Crippen LogP contribution in [0.1, 0.15) is 37.5 Å². The quantitative estimate of drug-likeness (QED) is 0.310. The molecule has 0 saturated carbocycles. The van der Waals surface area contributed by atoms with Crippen LogP contribution in [-0.4, -0.2) is 63.2 Å². The van der Waals surface area contributed by atoms with Gasteiger partial charge in [0.15, 0.2) is 11.5 Å². The summed E-state index contributed by atoms with van der Waals surface area (Å²) in [5, 5.41) is 3.00. The summed E-state index contributed by atoms with van der Waals surface area (Å²) < 4.78 is 39.2. The number of ether oxygens (including phenoxy) is 2. The Kier molecular flexibility index (Phi) is 10.7. The highest BCUT2D eigenvalue weighted by Crippen LogP contribution is 2.35. The lowest BCUT2D eigenvalue weighted by Gasteiger charge is -2.34. The topological polar surface area (TPSA) is 105 Å². The van der Waals surface area contributed by atoms with Gasteiger partial charge in [-0.15, -0.1) is 0 Å². The lowest BCUT2D eigenvalue weighted by atomic mass is 10.0. The predicted molar refractivity (Wildman–Crippen MR) is 168 cm³/mol. The summed E-state index contributed by atoms with van der Waals surface area (Å²) in [6.45, 7) is 8.34. The largest absolute Gasteiger partial charge is 0.486 e. The molecule has 0 aliphatic carbocycles. The molecular formula is C33H41N3O6S. The minimum atomic E-state index is -3.89. The van der Waals surface area contributed by atoms with Crippen LogP contribution in [0.5, 0.6) is 11.5 Å². The van der Waals surface area contributed by atoms with E-state index in [1.807, 2.05) is 75.4 Å². The number of benzene rings is 3. The highest BCUT2D eigenvalue weighted by atomic mass is 32.2. The van der Waals surface area contributed by atoms with Gasteiger partial charge in [-0.25, -0.2) is 8.42 Å². The van der Waals surface area contributed by atoms with Gasteiger partial charge in [-0.3, -0.25) is 13.9 Å². The zero-order valence-electron chi connectivity index (χ0n) is 25.3. The van der Waals surface area contributed by atoms with Crippen molar-refractivity contribution in [1.29, 1.82) is 0 Å². The molecule has 1 atom stereocenters. The van der Waals surface area contributed by atoms with Gasteiger partial charge in [-0.2, -0.15) is 0 Å². The number of anilines is 1. The number of nitrogens with zero attached hydrogens (tertiary/aromatic N) is 2. The fraction of sp³-hybridized carbons (Fsp3) is 0.394. The van der Waals surface area contributed by atoms with Crippen molar-refractivity contribution >= 4 is 27.5 Å². The van der Waals surface area contributed by atoms with Crippen LogP contribution in [0.4, 0.5) is 5.69 Å². The van der Waals surface area contributed by atoms with E-state index in [0.717, 1.165) is 21.0 Å². The van der Waals surface area contributed by atoms with Crippen LogP contribution in [0, 0.1) is 12.8 Å². The maximum absolute atomic E-state index is 14.4. The maximum Gasteiger partial charge on any atom is 0.244 e. The number of rotatable bonds is 13. The summed E-state index contributed by atoms with van der Waals surface area (Å²) in [6.07, 6.45) is 0.271. The van der Waals surface area contributed by atoms with Crippen molar-refractivity contribution < 1.29 is 27.5 Å². The number of carbonyl (C=O) groups excluding carboxylic acids is 2. The Hall–Kier alpha value is -4.05. The molecule has 9 nitrogen and oxygen atoms in total. The summed E-state index contributed by atoms with van der Waals surface area (Å²) in [7, 11) is -3.89. The van der Waals surface area contributed by atoms with Gasteiger partial charge in [-0.1, -0.05) is 68.4 Å². The van der Waals surface area contributed by atoms with E-state index < -0.39 is 28.5 Å². The molecule has 1 unspecified atom stereocenters. The number of sulfonamides is 1. The van der Waals surface area contributed by atoms with E-state index in [1.54, 1.807) is 18.2 Å². The maximum atomic E-state index is 14.4. The fourth-order valence-corrected chi connectivity index (χ4v) is 5.91. The molecule has 0 aromatic heterocycles. The predicted octanol–water partition coefficient (Wildman–Crippen LogP) is 4.33. The van der Waals surface area contributed by atoms with Gasteiger partial charge in [0.1, 0.15) is 25.8 Å². The van der Waals surface area contributed by atoms with Crippen molar-refractivity contribution in [2.45, 2.75) is 46.7 Å². The lowest BCUT2D eigenvalue weighted by molar-refractivity contribution is -0.140. The van der Waals surface area contributed by atoms with E-state index in [0.29, 0.717) is 36.9 Å². The Morgan fingerprint density at radius 1 is 0.930 bits per heavy atom. The molecule has 230 valence electrons. The van der Waals surface area contributed by atoms with Gasteiger partial charge in [0.2, 0.25) is 21.8 Å². The van der Waals surface area contributed by atoms with Crippen LogP contribution < -0.4 is 19.1 Å². The first kappa shape index (κ1) is 31.9. The first-order chi connectivity index (χ1) is 20.6. The van der Waals surface area contributed by atoms with Crippen LogP contribution >= 0.6 is 0 Å². The third kappa shape index (κ3) is 8.28. The number of aryl methyl sites for hydroxylation is 1. The Labute approximate surface area is 254 Å². The molecule has 43 heavy (non-hydrogen) atoms. The van der Waals surface area contributed by atoms with Crippen molar-refractivity contribution in [3.63, 3.8) is 0 Å². The monoisotopic (exact) mass is 607 g/mol. The molecule has 1 aliphatic heterocycles. The molecule has 1 heterocycles. The molecule has 1 aliphatic rings. The molecule has 0 bridgehead atoms. The summed E-state index contributed by atoms with van der Waals surface area (Å²) in [4.78, 5) is 29.6. The molecule has 4 rings (SSSR count). The zero-order valence-corrected chi connectivity index (χ0v) is 26.1. The molecule has 10 heteroatoms. The molecular weight excluding hydrogens is 566 g/mol. The second-order valence-corrected chi connectivity index (χ2v) is 13.2. The third-order valence-electron chi connectivity index (χ3n) is 7.35. The van der Waals surface area contributed by atoms with Crippen molar-refractivity contribution in [2.24, 2.45) is 5.92 Å². The first-order valence-electron chi connectivity index (χ1n) is 14.6. The average Bonchev–Trinajstić information content (AvgIpc) is 3.01. The van der Waals surface area contributed by atoms with E-state index in [9.17, 15) is 18.0 Å². The van der Waals surface area contributed by atoms with Crippen LogP contribution in [0.15, 0.2) is 72.8 Å². The molecule has 0 saturated heterocycles. The summed E-state index contributed by atoms with van der Waals surface area (Å²) in [6, 6.07) is 21.2. The molecule has 3 aromatic rings. The van der Waals surface area contributed by atoms with Crippen molar-refractivity contribution in [1.82, 2.24) is 10.2 Å². The van der Waals surface area contributed by atoms with E-state index in [-0.39, 0.29) is 30.5 Å². The van der Waals surface area contributed by atoms with Crippen molar-refractivity contribution in [2.75, 3.05) is 36.4 Å². The fourth-order valence-electron chi connectivity index (χ4n) is 4.85. The molecule has 0 spiro atoms. The second-order valence-electron chi connectivity index (χ2n) is 11.0. The SMILES string of the molecule is CCS(=O)(=O)N(CC(=O)N(Cc1ccccc1C)C(Cc1ccccc1)C(=O)NCC(C)C)c1ccc2c(c1)OCCO2.